The molecule has 0 radical (unpaired) electrons. The third-order valence-electron chi connectivity index (χ3n) is 2.00. The van der Waals surface area contributed by atoms with Gasteiger partial charge < -0.3 is 26.5 Å². The maximum Gasteiger partial charge on any atom is 0.404 e. The van der Waals surface area contributed by atoms with Crippen LogP contribution in [0.4, 0.5) is 16.6 Å². The average molecular weight is 237 g/mol. The minimum atomic E-state index is -1.07. The third kappa shape index (κ3) is 2.51. The molecule has 9 heteroatoms. The van der Waals surface area contributed by atoms with Gasteiger partial charge in [0.2, 0.25) is 5.95 Å². The zero-order valence-corrected chi connectivity index (χ0v) is 8.77. The van der Waals surface area contributed by atoms with Crippen molar-refractivity contribution in [3.8, 4) is 0 Å². The lowest BCUT2D eigenvalue weighted by Crippen LogP contribution is -2.27. The van der Waals surface area contributed by atoms with Crippen molar-refractivity contribution in [1.82, 2.24) is 25.3 Å². The monoisotopic (exact) mass is 237 g/mol. The van der Waals surface area contributed by atoms with Gasteiger partial charge in [-0.25, -0.2) is 9.78 Å². The van der Waals surface area contributed by atoms with E-state index < -0.39 is 6.09 Å². The van der Waals surface area contributed by atoms with Crippen molar-refractivity contribution < 1.29 is 9.90 Å². The lowest BCUT2D eigenvalue weighted by atomic mass is 10.5. The molecule has 1 amide bonds. The molecule has 2 heterocycles. The van der Waals surface area contributed by atoms with Gasteiger partial charge in [0.1, 0.15) is 5.52 Å². The summed E-state index contributed by atoms with van der Waals surface area (Å²) in [7, 11) is 0. The molecule has 0 aliphatic heterocycles. The molecule has 0 saturated carbocycles. The van der Waals surface area contributed by atoms with E-state index in [1.807, 2.05) is 0 Å². The van der Waals surface area contributed by atoms with Gasteiger partial charge in [0.25, 0.3) is 0 Å². The van der Waals surface area contributed by atoms with Crippen molar-refractivity contribution in [2.24, 2.45) is 0 Å². The molecular formula is C8H11N7O2. The summed E-state index contributed by atoms with van der Waals surface area (Å²) in [5.41, 5.74) is 6.73. The highest BCUT2D eigenvalue weighted by atomic mass is 16.4. The number of fused-ring (bicyclic) bond motifs is 1. The van der Waals surface area contributed by atoms with E-state index in [2.05, 4.69) is 30.6 Å². The molecule has 0 spiro atoms. The first kappa shape index (κ1) is 10.9. The molecule has 2 aromatic heterocycles. The van der Waals surface area contributed by atoms with E-state index >= 15 is 0 Å². The molecule has 2 rings (SSSR count). The van der Waals surface area contributed by atoms with Crippen LogP contribution in [0.1, 0.15) is 0 Å². The lowest BCUT2D eigenvalue weighted by molar-refractivity contribution is 0.195. The van der Waals surface area contributed by atoms with Crippen molar-refractivity contribution >= 4 is 29.0 Å². The highest BCUT2D eigenvalue weighted by Gasteiger charge is 2.06. The Hall–Kier alpha value is -2.58. The first-order valence-corrected chi connectivity index (χ1v) is 4.84. The summed E-state index contributed by atoms with van der Waals surface area (Å²) in [6.07, 6.45) is 0.404. The minimum absolute atomic E-state index is 0.247. The molecule has 0 fully saturated rings. The minimum Gasteiger partial charge on any atom is -0.465 e. The Balaban J connectivity index is 2.01. The molecule has 9 nitrogen and oxygen atoms in total. The van der Waals surface area contributed by atoms with E-state index in [-0.39, 0.29) is 6.54 Å². The number of amides is 1. The molecule has 0 unspecified atom stereocenters. The van der Waals surface area contributed by atoms with Gasteiger partial charge in [-0.1, -0.05) is 0 Å². The SMILES string of the molecule is Nc1nc(NCCNC(=O)O)nc2nc[nH]c12. The smallest absolute Gasteiger partial charge is 0.404 e. The third-order valence-corrected chi connectivity index (χ3v) is 2.00. The van der Waals surface area contributed by atoms with E-state index in [0.29, 0.717) is 29.5 Å². The van der Waals surface area contributed by atoms with Gasteiger partial charge in [-0.2, -0.15) is 9.97 Å². The Bertz CT molecular complexity index is 538. The number of rotatable bonds is 4. The average Bonchev–Trinajstić information content (AvgIpc) is 2.72. The number of nitrogens with one attached hydrogen (secondary N) is 3. The number of hydrogen-bond acceptors (Lipinski definition) is 6. The van der Waals surface area contributed by atoms with E-state index in [4.69, 9.17) is 10.8 Å². The number of aromatic nitrogens is 4. The molecule has 0 aliphatic carbocycles. The zero-order valence-electron chi connectivity index (χ0n) is 8.77. The van der Waals surface area contributed by atoms with Crippen molar-refractivity contribution in [3.63, 3.8) is 0 Å². The van der Waals surface area contributed by atoms with Gasteiger partial charge >= 0.3 is 6.09 Å². The van der Waals surface area contributed by atoms with Crippen molar-refractivity contribution in [3.05, 3.63) is 6.33 Å². The molecule has 17 heavy (non-hydrogen) atoms. The fraction of sp³-hybridized carbons (Fsp3) is 0.250. The predicted octanol–water partition coefficient (Wildman–Crippen LogP) is -0.385. The van der Waals surface area contributed by atoms with Crippen molar-refractivity contribution in [2.45, 2.75) is 0 Å². The normalized spacial score (nSPS) is 10.4. The number of aromatic amines is 1. The summed E-state index contributed by atoms with van der Waals surface area (Å²) in [4.78, 5) is 25.1. The van der Waals surface area contributed by atoms with Gasteiger partial charge in [-0.05, 0) is 0 Å². The van der Waals surface area contributed by atoms with E-state index in [1.165, 1.54) is 6.33 Å². The lowest BCUT2D eigenvalue weighted by Gasteiger charge is -2.05. The summed E-state index contributed by atoms with van der Waals surface area (Å²) in [6, 6.07) is 0. The van der Waals surface area contributed by atoms with Crippen LogP contribution in [0.15, 0.2) is 6.33 Å². The number of nitrogens with two attached hydrogens (primary N) is 1. The van der Waals surface area contributed by atoms with Crippen LogP contribution < -0.4 is 16.4 Å². The maximum absolute atomic E-state index is 10.2. The molecule has 0 saturated heterocycles. The number of H-pyrrole nitrogens is 1. The second-order valence-corrected chi connectivity index (χ2v) is 3.19. The number of imidazole rings is 1. The molecule has 90 valence electrons. The summed E-state index contributed by atoms with van der Waals surface area (Å²) < 4.78 is 0. The molecule has 0 aromatic carbocycles. The molecule has 6 N–H and O–H groups in total. The van der Waals surface area contributed by atoms with Crippen molar-refractivity contribution in [1.29, 1.82) is 0 Å². The van der Waals surface area contributed by atoms with Gasteiger partial charge in [0.05, 0.1) is 6.33 Å². The number of carboxylic acid groups (broad SMARTS) is 1. The van der Waals surface area contributed by atoms with Crippen LogP contribution in [0.25, 0.3) is 11.2 Å². The summed E-state index contributed by atoms with van der Waals surface area (Å²) >= 11 is 0. The van der Waals surface area contributed by atoms with E-state index in [9.17, 15) is 4.79 Å². The van der Waals surface area contributed by atoms with Crippen LogP contribution in [0.2, 0.25) is 0 Å². The fourth-order valence-corrected chi connectivity index (χ4v) is 1.28. The number of hydrogen-bond donors (Lipinski definition) is 5. The summed E-state index contributed by atoms with van der Waals surface area (Å²) in [5, 5.41) is 13.4. The number of nitrogen functional groups attached to an aromatic ring is 1. The Morgan fingerprint density at radius 3 is 3.06 bits per heavy atom. The maximum atomic E-state index is 10.2. The van der Waals surface area contributed by atoms with Crippen LogP contribution in [0.5, 0.6) is 0 Å². The zero-order chi connectivity index (χ0) is 12.3. The largest absolute Gasteiger partial charge is 0.465 e. The first-order valence-electron chi connectivity index (χ1n) is 4.84. The Morgan fingerprint density at radius 1 is 1.47 bits per heavy atom. The Labute approximate surface area is 95.5 Å². The highest BCUT2D eigenvalue weighted by molar-refractivity contribution is 5.82. The topological polar surface area (TPSA) is 142 Å². The van der Waals surface area contributed by atoms with E-state index in [0.717, 1.165) is 0 Å². The summed E-state index contributed by atoms with van der Waals surface area (Å²) in [6.45, 7) is 0.610. The fourth-order valence-electron chi connectivity index (χ4n) is 1.28. The van der Waals surface area contributed by atoms with Crippen LogP contribution in [-0.2, 0) is 0 Å². The van der Waals surface area contributed by atoms with Crippen LogP contribution in [0, 0.1) is 0 Å². The quantitative estimate of drug-likeness (QED) is 0.456. The molecule has 2 aromatic rings. The summed E-state index contributed by atoms with van der Waals surface area (Å²) in [5.74, 6) is 0.607. The van der Waals surface area contributed by atoms with Crippen molar-refractivity contribution in [2.75, 3.05) is 24.1 Å². The van der Waals surface area contributed by atoms with Crippen LogP contribution >= 0.6 is 0 Å². The number of nitrogens with zero attached hydrogens (tertiary/aromatic N) is 3. The van der Waals surface area contributed by atoms with Gasteiger partial charge in [0.15, 0.2) is 11.5 Å². The van der Waals surface area contributed by atoms with Gasteiger partial charge in [0, 0.05) is 13.1 Å². The van der Waals surface area contributed by atoms with Gasteiger partial charge in [-0.15, -0.1) is 0 Å². The highest BCUT2D eigenvalue weighted by Crippen LogP contribution is 2.14. The van der Waals surface area contributed by atoms with E-state index in [1.54, 1.807) is 0 Å². The van der Waals surface area contributed by atoms with Crippen LogP contribution in [0.3, 0.4) is 0 Å². The molecule has 0 atom stereocenters. The molecular weight excluding hydrogens is 226 g/mol. The standard InChI is InChI=1S/C8H11N7O2/c9-5-4-6(13-3-12-4)15-7(14-5)10-1-2-11-8(16)17/h3,11H,1-2H2,(H,16,17)(H4,9,10,12,13,14,15). The van der Waals surface area contributed by atoms with Crippen LogP contribution in [-0.4, -0.2) is 44.2 Å². The predicted molar refractivity (Wildman–Crippen MR) is 60.6 cm³/mol. The second-order valence-electron chi connectivity index (χ2n) is 3.19. The molecule has 0 aliphatic rings. The first-order chi connectivity index (χ1) is 8.16. The second kappa shape index (κ2) is 4.51. The number of anilines is 2. The van der Waals surface area contributed by atoms with Gasteiger partial charge in [-0.3, -0.25) is 0 Å². The number of carbonyl (C=O) groups is 1. The Kier molecular flexibility index (Phi) is 2.90. The Morgan fingerprint density at radius 2 is 2.29 bits per heavy atom. The molecule has 0 bridgehead atoms.